The second-order valence-corrected chi connectivity index (χ2v) is 2.34. The number of hydrogen-bond acceptors (Lipinski definition) is 0. The van der Waals surface area contributed by atoms with Crippen LogP contribution in [0.25, 0.3) is 0 Å². The van der Waals surface area contributed by atoms with Crippen LogP contribution < -0.4 is 0 Å². The Kier molecular flexibility index (Phi) is 3.59. The summed E-state index contributed by atoms with van der Waals surface area (Å²) in [5.74, 6) is 0.778. The smallest absolute Gasteiger partial charge is 0.0237 e. The maximum absolute atomic E-state index is 2.26. The monoisotopic (exact) mass is 112 g/mol. The second kappa shape index (κ2) is 3.71. The Hall–Kier alpha value is -0.260. The molecule has 0 rings (SSSR count). The summed E-state index contributed by atoms with van der Waals surface area (Å²) >= 11 is 0. The largest absolute Gasteiger partial charge is 0.0885 e. The first kappa shape index (κ1) is 7.74. The quantitative estimate of drug-likeness (QED) is 0.482. The van der Waals surface area contributed by atoms with E-state index in [4.69, 9.17) is 0 Å². The first-order valence-corrected chi connectivity index (χ1v) is 3.35. The summed E-state index contributed by atoms with van der Waals surface area (Å²) in [5.41, 5.74) is 1.51. The van der Waals surface area contributed by atoms with E-state index in [2.05, 4.69) is 33.8 Å². The minimum absolute atomic E-state index is 0.778. The Morgan fingerprint density at radius 3 is 2.25 bits per heavy atom. The van der Waals surface area contributed by atoms with Gasteiger partial charge in [0.25, 0.3) is 0 Å². The van der Waals surface area contributed by atoms with Gasteiger partial charge in [-0.05, 0) is 26.2 Å². The zero-order valence-electron chi connectivity index (χ0n) is 6.36. The summed E-state index contributed by atoms with van der Waals surface area (Å²) in [7, 11) is 0. The van der Waals surface area contributed by atoms with Crippen molar-refractivity contribution in [2.45, 2.75) is 34.1 Å². The molecule has 0 radical (unpaired) electrons. The predicted molar refractivity (Wildman–Crippen MR) is 38.9 cm³/mol. The summed E-state index contributed by atoms with van der Waals surface area (Å²) in [6.45, 7) is 8.77. The first-order valence-electron chi connectivity index (χ1n) is 3.35. The molecule has 0 aliphatic carbocycles. The van der Waals surface area contributed by atoms with Gasteiger partial charge in [0.1, 0.15) is 0 Å². The fourth-order valence-electron chi connectivity index (χ4n) is 0.606. The van der Waals surface area contributed by atoms with Gasteiger partial charge in [-0.25, -0.2) is 0 Å². The van der Waals surface area contributed by atoms with E-state index in [0.29, 0.717) is 0 Å². The number of hydrogen-bond donors (Lipinski definition) is 0. The SMILES string of the molecule is C/C=C(/C)[C@H](C)CC. The van der Waals surface area contributed by atoms with Crippen molar-refractivity contribution in [2.75, 3.05) is 0 Å². The van der Waals surface area contributed by atoms with Crippen molar-refractivity contribution >= 4 is 0 Å². The summed E-state index contributed by atoms with van der Waals surface area (Å²) < 4.78 is 0. The highest BCUT2D eigenvalue weighted by Gasteiger charge is 1.96. The third kappa shape index (κ3) is 2.15. The maximum atomic E-state index is 2.26. The van der Waals surface area contributed by atoms with Crippen molar-refractivity contribution in [1.29, 1.82) is 0 Å². The van der Waals surface area contributed by atoms with E-state index < -0.39 is 0 Å². The Morgan fingerprint density at radius 1 is 1.62 bits per heavy atom. The normalized spacial score (nSPS) is 16.2. The molecule has 0 nitrogen and oxygen atoms in total. The molecular weight excluding hydrogens is 96.1 g/mol. The topological polar surface area (TPSA) is 0 Å². The summed E-state index contributed by atoms with van der Waals surface area (Å²) in [6.07, 6.45) is 3.45. The van der Waals surface area contributed by atoms with Crippen molar-refractivity contribution in [2.24, 2.45) is 5.92 Å². The number of rotatable bonds is 2. The summed E-state index contributed by atoms with van der Waals surface area (Å²) in [6, 6.07) is 0. The molecule has 0 aliphatic rings. The molecular formula is C8H16. The zero-order valence-corrected chi connectivity index (χ0v) is 6.36. The van der Waals surface area contributed by atoms with Crippen LogP contribution in [-0.4, -0.2) is 0 Å². The van der Waals surface area contributed by atoms with E-state index in [9.17, 15) is 0 Å². The van der Waals surface area contributed by atoms with Crippen molar-refractivity contribution < 1.29 is 0 Å². The molecule has 0 aromatic rings. The lowest BCUT2D eigenvalue weighted by molar-refractivity contribution is 0.654. The van der Waals surface area contributed by atoms with Crippen molar-refractivity contribution in [1.82, 2.24) is 0 Å². The van der Waals surface area contributed by atoms with Gasteiger partial charge < -0.3 is 0 Å². The molecule has 0 unspecified atom stereocenters. The van der Waals surface area contributed by atoms with Crippen LogP contribution in [0.5, 0.6) is 0 Å². The highest BCUT2D eigenvalue weighted by atomic mass is 14.0. The van der Waals surface area contributed by atoms with Crippen LogP contribution in [-0.2, 0) is 0 Å². The van der Waals surface area contributed by atoms with Crippen molar-refractivity contribution in [3.05, 3.63) is 11.6 Å². The van der Waals surface area contributed by atoms with E-state index in [-0.39, 0.29) is 0 Å². The molecule has 0 heteroatoms. The Labute approximate surface area is 52.6 Å². The molecule has 0 spiro atoms. The molecule has 0 fully saturated rings. The van der Waals surface area contributed by atoms with E-state index >= 15 is 0 Å². The Morgan fingerprint density at radius 2 is 2.12 bits per heavy atom. The Balaban J connectivity index is 3.63. The molecule has 0 heterocycles. The van der Waals surface area contributed by atoms with Gasteiger partial charge in [0.2, 0.25) is 0 Å². The van der Waals surface area contributed by atoms with Gasteiger partial charge in [0, 0.05) is 0 Å². The summed E-state index contributed by atoms with van der Waals surface area (Å²) in [4.78, 5) is 0. The van der Waals surface area contributed by atoms with Gasteiger partial charge >= 0.3 is 0 Å². The molecule has 0 bridgehead atoms. The number of allylic oxidation sites excluding steroid dienone is 2. The van der Waals surface area contributed by atoms with Gasteiger partial charge in [0.05, 0.1) is 0 Å². The lowest BCUT2D eigenvalue weighted by Gasteiger charge is -2.06. The van der Waals surface area contributed by atoms with Crippen LogP contribution >= 0.6 is 0 Å². The van der Waals surface area contributed by atoms with E-state index in [1.54, 1.807) is 0 Å². The fourth-order valence-corrected chi connectivity index (χ4v) is 0.606. The third-order valence-corrected chi connectivity index (χ3v) is 1.85. The van der Waals surface area contributed by atoms with Gasteiger partial charge in [-0.3, -0.25) is 0 Å². The molecule has 0 aromatic carbocycles. The lowest BCUT2D eigenvalue weighted by Crippen LogP contribution is -1.91. The van der Waals surface area contributed by atoms with Crippen LogP contribution in [0.1, 0.15) is 34.1 Å². The fraction of sp³-hybridized carbons (Fsp3) is 0.750. The highest BCUT2D eigenvalue weighted by molar-refractivity contribution is 4.99. The molecule has 0 aliphatic heterocycles. The Bertz CT molecular complexity index is 80.0. The molecule has 48 valence electrons. The second-order valence-electron chi connectivity index (χ2n) is 2.34. The van der Waals surface area contributed by atoms with Crippen LogP contribution in [0.4, 0.5) is 0 Å². The zero-order chi connectivity index (χ0) is 6.57. The van der Waals surface area contributed by atoms with Crippen molar-refractivity contribution in [3.8, 4) is 0 Å². The molecule has 0 saturated carbocycles. The van der Waals surface area contributed by atoms with Gasteiger partial charge in [0.15, 0.2) is 0 Å². The minimum Gasteiger partial charge on any atom is -0.0885 e. The molecule has 0 aromatic heterocycles. The van der Waals surface area contributed by atoms with Gasteiger partial charge in [-0.15, -0.1) is 0 Å². The van der Waals surface area contributed by atoms with Crippen LogP contribution in [0.2, 0.25) is 0 Å². The van der Waals surface area contributed by atoms with Crippen molar-refractivity contribution in [3.63, 3.8) is 0 Å². The van der Waals surface area contributed by atoms with Gasteiger partial charge in [-0.1, -0.05) is 25.5 Å². The lowest BCUT2D eigenvalue weighted by atomic mass is 10.0. The highest BCUT2D eigenvalue weighted by Crippen LogP contribution is 2.11. The van der Waals surface area contributed by atoms with E-state index in [0.717, 1.165) is 5.92 Å². The molecule has 0 amide bonds. The van der Waals surface area contributed by atoms with Crippen LogP contribution in [0.3, 0.4) is 0 Å². The molecule has 1 atom stereocenters. The maximum Gasteiger partial charge on any atom is -0.0237 e. The van der Waals surface area contributed by atoms with Crippen LogP contribution in [0.15, 0.2) is 11.6 Å². The minimum atomic E-state index is 0.778. The average molecular weight is 112 g/mol. The third-order valence-electron chi connectivity index (χ3n) is 1.85. The van der Waals surface area contributed by atoms with E-state index in [1.807, 2.05) is 0 Å². The van der Waals surface area contributed by atoms with Gasteiger partial charge in [-0.2, -0.15) is 0 Å². The molecule has 0 saturated heterocycles. The average Bonchev–Trinajstić information content (AvgIpc) is 1.84. The predicted octanol–water partition coefficient (Wildman–Crippen LogP) is 3.00. The van der Waals surface area contributed by atoms with Crippen LogP contribution in [0, 0.1) is 5.92 Å². The first-order chi connectivity index (χ1) is 3.72. The van der Waals surface area contributed by atoms with E-state index in [1.165, 1.54) is 12.0 Å². The standard InChI is InChI=1S/C8H16/c1-5-7(3)8(4)6-2/h5,8H,6H2,1-4H3/b7-5-/t8-/m1/s1. The molecule has 8 heavy (non-hydrogen) atoms. The summed E-state index contributed by atoms with van der Waals surface area (Å²) in [5, 5.41) is 0. The molecule has 0 N–H and O–H groups in total.